The smallest absolute Gasteiger partial charge is 0.335 e. The van der Waals surface area contributed by atoms with Crippen molar-refractivity contribution in [2.45, 2.75) is 132 Å². The number of rotatable bonds is 5. The SMILES string of the molecule is CC(=O)OC1C[C@]2(O)[C@H](CC[C@]3(C)[C@@H](c4ccc(=O)oc4)CC[C@@]32O)[C@@]2(C)CC[C@H](O[C@@H]3O[C@H](CO)[C@@H](O)[C@H](O)[C@H]3O)CC12. The fraction of sp³-hybridized carbons (Fsp3) is 0.812. The molecule has 246 valence electrons. The number of hydrogen-bond acceptors (Lipinski definition) is 12. The third kappa shape index (κ3) is 4.63. The Hall–Kier alpha value is -1.90. The van der Waals surface area contributed by atoms with Gasteiger partial charge in [0.1, 0.15) is 36.1 Å². The van der Waals surface area contributed by atoms with Crippen molar-refractivity contribution in [1.29, 1.82) is 0 Å². The van der Waals surface area contributed by atoms with Gasteiger partial charge in [-0.05, 0) is 73.8 Å². The first kappa shape index (κ1) is 32.1. The molecule has 2 unspecified atom stereocenters. The lowest BCUT2D eigenvalue weighted by Crippen LogP contribution is -2.75. The van der Waals surface area contributed by atoms with Crippen LogP contribution < -0.4 is 5.63 Å². The van der Waals surface area contributed by atoms with Crippen LogP contribution >= 0.6 is 0 Å². The Labute approximate surface area is 255 Å². The van der Waals surface area contributed by atoms with Crippen LogP contribution in [0.15, 0.2) is 27.6 Å². The van der Waals surface area contributed by atoms with Gasteiger partial charge in [-0.3, -0.25) is 4.79 Å². The van der Waals surface area contributed by atoms with Gasteiger partial charge in [0.05, 0.1) is 24.6 Å². The fourth-order valence-electron chi connectivity index (χ4n) is 10.2. The van der Waals surface area contributed by atoms with E-state index in [1.807, 2.05) is 6.92 Å². The molecule has 1 saturated heterocycles. The Balaban J connectivity index is 1.29. The van der Waals surface area contributed by atoms with Crippen LogP contribution in [0.25, 0.3) is 0 Å². The molecule has 0 bridgehead atoms. The lowest BCUT2D eigenvalue weighted by Gasteiger charge is -2.68. The average Bonchev–Trinajstić information content (AvgIpc) is 3.26. The van der Waals surface area contributed by atoms with Crippen LogP contribution in [0.5, 0.6) is 0 Å². The molecule has 44 heavy (non-hydrogen) atoms. The minimum atomic E-state index is -1.56. The summed E-state index contributed by atoms with van der Waals surface area (Å²) in [6.07, 6.45) is -2.89. The Morgan fingerprint density at radius 2 is 1.77 bits per heavy atom. The van der Waals surface area contributed by atoms with Crippen molar-refractivity contribution in [2.75, 3.05) is 6.61 Å². The summed E-state index contributed by atoms with van der Waals surface area (Å²) in [6, 6.07) is 3.12. The van der Waals surface area contributed by atoms with Crippen molar-refractivity contribution in [1.82, 2.24) is 0 Å². The quantitative estimate of drug-likeness (QED) is 0.199. The lowest BCUT2D eigenvalue weighted by molar-refractivity contribution is -0.330. The summed E-state index contributed by atoms with van der Waals surface area (Å²) in [5.41, 5.74) is -3.92. The highest BCUT2D eigenvalue weighted by Gasteiger charge is 2.75. The molecular formula is C32H46O12. The second kappa shape index (κ2) is 11.1. The van der Waals surface area contributed by atoms with Gasteiger partial charge in [0.15, 0.2) is 6.29 Å². The summed E-state index contributed by atoms with van der Waals surface area (Å²) in [4.78, 5) is 24.1. The van der Waals surface area contributed by atoms with Crippen molar-refractivity contribution in [3.63, 3.8) is 0 Å². The highest BCUT2D eigenvalue weighted by atomic mass is 16.7. The van der Waals surface area contributed by atoms with Gasteiger partial charge in [-0.1, -0.05) is 13.8 Å². The topological polar surface area (TPSA) is 196 Å². The maximum atomic E-state index is 12.8. The predicted molar refractivity (Wildman–Crippen MR) is 152 cm³/mol. The van der Waals surface area contributed by atoms with Gasteiger partial charge in [0, 0.05) is 30.7 Å². The first-order valence-corrected chi connectivity index (χ1v) is 15.9. The highest BCUT2D eigenvalue weighted by Crippen LogP contribution is 2.72. The largest absolute Gasteiger partial charge is 0.462 e. The Morgan fingerprint density at radius 3 is 2.43 bits per heavy atom. The number of carbonyl (C=O) groups is 1. The molecule has 14 atom stereocenters. The van der Waals surface area contributed by atoms with Gasteiger partial charge in [-0.2, -0.15) is 0 Å². The zero-order valence-electron chi connectivity index (χ0n) is 25.5. The molecule has 12 nitrogen and oxygen atoms in total. The minimum Gasteiger partial charge on any atom is -0.462 e. The molecule has 4 aliphatic carbocycles. The third-order valence-corrected chi connectivity index (χ3v) is 12.5. The summed E-state index contributed by atoms with van der Waals surface area (Å²) >= 11 is 0. The molecule has 4 saturated carbocycles. The Bertz CT molecular complexity index is 1280. The van der Waals surface area contributed by atoms with Gasteiger partial charge >= 0.3 is 11.6 Å². The van der Waals surface area contributed by atoms with Gasteiger partial charge < -0.3 is 49.3 Å². The number of esters is 1. The number of carbonyl (C=O) groups excluding carboxylic acids is 1. The molecule has 0 spiro atoms. The van der Waals surface area contributed by atoms with Crippen LogP contribution in [0.1, 0.15) is 83.6 Å². The van der Waals surface area contributed by atoms with Gasteiger partial charge in [0.25, 0.3) is 0 Å². The van der Waals surface area contributed by atoms with E-state index in [-0.39, 0.29) is 24.2 Å². The molecule has 1 aliphatic heterocycles. The summed E-state index contributed by atoms with van der Waals surface area (Å²) in [5, 5.41) is 66.0. The molecule has 0 aromatic carbocycles. The zero-order valence-corrected chi connectivity index (χ0v) is 25.5. The molecule has 1 aromatic heterocycles. The predicted octanol–water partition coefficient (Wildman–Crippen LogP) is 0.723. The van der Waals surface area contributed by atoms with E-state index in [0.29, 0.717) is 44.9 Å². The van der Waals surface area contributed by atoms with Crippen LogP contribution in [-0.4, -0.2) is 97.3 Å². The molecule has 0 radical (unpaired) electrons. The number of ether oxygens (including phenoxy) is 3. The first-order chi connectivity index (χ1) is 20.7. The van der Waals surface area contributed by atoms with Crippen molar-refractivity contribution < 1.29 is 54.1 Å². The lowest BCUT2D eigenvalue weighted by atomic mass is 9.40. The van der Waals surface area contributed by atoms with E-state index in [1.54, 1.807) is 6.07 Å². The maximum Gasteiger partial charge on any atom is 0.335 e. The van der Waals surface area contributed by atoms with Crippen molar-refractivity contribution in [3.8, 4) is 0 Å². The monoisotopic (exact) mass is 622 g/mol. The molecule has 6 rings (SSSR count). The minimum absolute atomic E-state index is 0.0486. The van der Waals surface area contributed by atoms with E-state index < -0.39 is 83.1 Å². The van der Waals surface area contributed by atoms with E-state index in [0.717, 1.165) is 5.56 Å². The number of fused-ring (bicyclic) bond motifs is 5. The van der Waals surface area contributed by atoms with Crippen LogP contribution in [0.2, 0.25) is 0 Å². The van der Waals surface area contributed by atoms with E-state index in [9.17, 15) is 40.2 Å². The molecule has 0 amide bonds. The third-order valence-electron chi connectivity index (χ3n) is 12.5. The standard InChI is InChI=1S/C32H46O12/c1-16(34)42-21-13-31(39)23(8-10-30(3)19(7-11-32(30,31)40)17-4-5-24(35)41-15-17)29(2)9-6-18(12-20(21)29)43-28-27(38)26(37)25(36)22(14-33)44-28/h4-5,15,18-23,25-28,33,36-40H,6-14H2,1-3H3/t18-,19+,20?,21?,22+,23+,25+,26-,27+,28+,29-,30+,31-,32+/m0/s1. The molecule has 5 fully saturated rings. The van der Waals surface area contributed by atoms with E-state index in [4.69, 9.17) is 18.6 Å². The normalized spacial score (nSPS) is 50.3. The van der Waals surface area contributed by atoms with Crippen molar-refractivity contribution in [3.05, 3.63) is 34.4 Å². The van der Waals surface area contributed by atoms with E-state index in [1.165, 1.54) is 19.3 Å². The summed E-state index contributed by atoms with van der Waals surface area (Å²) in [7, 11) is 0. The molecule has 6 N–H and O–H groups in total. The van der Waals surface area contributed by atoms with Gasteiger partial charge in [-0.15, -0.1) is 0 Å². The molecule has 2 heterocycles. The Kier molecular flexibility index (Phi) is 8.10. The zero-order chi connectivity index (χ0) is 31.8. The molecule has 5 aliphatic rings. The molecule has 1 aromatic rings. The van der Waals surface area contributed by atoms with Crippen LogP contribution in [-0.2, 0) is 19.0 Å². The second-order valence-corrected chi connectivity index (χ2v) is 14.5. The van der Waals surface area contributed by atoms with Crippen molar-refractivity contribution in [2.24, 2.45) is 22.7 Å². The van der Waals surface area contributed by atoms with Gasteiger partial charge in [-0.25, -0.2) is 4.79 Å². The molecular weight excluding hydrogens is 576 g/mol. The summed E-state index contributed by atoms with van der Waals surface area (Å²) in [5.74, 6) is -1.17. The van der Waals surface area contributed by atoms with Crippen molar-refractivity contribution >= 4 is 5.97 Å². The highest BCUT2D eigenvalue weighted by molar-refractivity contribution is 5.66. The number of aliphatic hydroxyl groups excluding tert-OH is 4. The van der Waals surface area contributed by atoms with E-state index in [2.05, 4.69) is 6.92 Å². The van der Waals surface area contributed by atoms with Crippen LogP contribution in [0.3, 0.4) is 0 Å². The summed E-state index contributed by atoms with van der Waals surface area (Å²) < 4.78 is 22.8. The maximum absolute atomic E-state index is 12.8. The number of hydrogen-bond donors (Lipinski definition) is 6. The van der Waals surface area contributed by atoms with Gasteiger partial charge in [0.2, 0.25) is 0 Å². The second-order valence-electron chi connectivity index (χ2n) is 14.5. The fourth-order valence-corrected chi connectivity index (χ4v) is 10.2. The van der Waals surface area contributed by atoms with Crippen LogP contribution in [0.4, 0.5) is 0 Å². The number of aliphatic hydroxyl groups is 6. The van der Waals surface area contributed by atoms with E-state index >= 15 is 0 Å². The summed E-state index contributed by atoms with van der Waals surface area (Å²) in [6.45, 7) is 4.86. The Morgan fingerprint density at radius 1 is 1.02 bits per heavy atom. The first-order valence-electron chi connectivity index (χ1n) is 15.9. The average molecular weight is 623 g/mol. The van der Waals surface area contributed by atoms with Crippen LogP contribution in [0, 0.1) is 22.7 Å². The molecule has 12 heteroatoms.